The lowest BCUT2D eigenvalue weighted by atomic mass is 9.87. The normalized spacial score (nSPS) is 26.3. The summed E-state index contributed by atoms with van der Waals surface area (Å²) in [6, 6.07) is 9.42. The topological polar surface area (TPSA) is 12.0 Å². The Balaban J connectivity index is 1.89. The third kappa shape index (κ3) is 2.98. The minimum Gasteiger partial charge on any atom is -0.382 e. The lowest BCUT2D eigenvalue weighted by Gasteiger charge is -2.27. The molecule has 1 aliphatic rings. The molecule has 1 aliphatic carbocycles. The van der Waals surface area contributed by atoms with Gasteiger partial charge in [-0.05, 0) is 50.7 Å². The maximum Gasteiger partial charge on any atom is 0.0342 e. The van der Waals surface area contributed by atoms with E-state index in [4.69, 9.17) is 0 Å². The van der Waals surface area contributed by atoms with Gasteiger partial charge in [-0.1, -0.05) is 24.6 Å². The van der Waals surface area contributed by atoms with E-state index in [0.29, 0.717) is 6.04 Å². The minimum absolute atomic E-state index is 0.698. The van der Waals surface area contributed by atoms with Gasteiger partial charge >= 0.3 is 0 Å². The molecule has 15 heavy (non-hydrogen) atoms. The van der Waals surface area contributed by atoms with E-state index in [-0.39, 0.29) is 0 Å². The maximum atomic E-state index is 3.63. The number of nitrogens with one attached hydrogen (secondary N) is 1. The van der Waals surface area contributed by atoms with E-state index in [9.17, 15) is 0 Å². The van der Waals surface area contributed by atoms with Gasteiger partial charge in [0.05, 0.1) is 0 Å². The molecule has 0 bridgehead atoms. The molecule has 0 saturated heterocycles. The molecule has 1 heteroatoms. The zero-order valence-electron chi connectivity index (χ0n) is 9.79. The lowest BCUT2D eigenvalue weighted by molar-refractivity contribution is 0.361. The van der Waals surface area contributed by atoms with Crippen molar-refractivity contribution in [2.24, 2.45) is 5.92 Å². The summed E-state index contributed by atoms with van der Waals surface area (Å²) in [5.74, 6) is 0.932. The van der Waals surface area contributed by atoms with E-state index < -0.39 is 0 Å². The molecule has 0 radical (unpaired) electrons. The number of aryl methyl sites for hydroxylation is 1. The third-order valence-electron chi connectivity index (χ3n) is 3.44. The number of hydrogen-bond donors (Lipinski definition) is 1. The first-order valence-electron chi connectivity index (χ1n) is 6.07. The monoisotopic (exact) mass is 203 g/mol. The van der Waals surface area contributed by atoms with Crippen LogP contribution in [0.2, 0.25) is 0 Å². The molecule has 0 atom stereocenters. The summed E-state index contributed by atoms with van der Waals surface area (Å²) in [5, 5.41) is 3.63. The molecule has 1 N–H and O–H groups in total. The zero-order chi connectivity index (χ0) is 10.7. The SMILES string of the molecule is Cc1ccc(NC2CCC(C)CC2)cc1. The number of benzene rings is 1. The third-order valence-corrected chi connectivity index (χ3v) is 3.44. The summed E-state index contributed by atoms with van der Waals surface area (Å²) in [7, 11) is 0. The fraction of sp³-hybridized carbons (Fsp3) is 0.571. The first-order chi connectivity index (χ1) is 7.24. The van der Waals surface area contributed by atoms with E-state index in [1.807, 2.05) is 0 Å². The zero-order valence-corrected chi connectivity index (χ0v) is 9.79. The molecular weight excluding hydrogens is 182 g/mol. The summed E-state index contributed by atoms with van der Waals surface area (Å²) in [6.45, 7) is 4.49. The average Bonchev–Trinajstić information content (AvgIpc) is 2.25. The largest absolute Gasteiger partial charge is 0.382 e. The van der Waals surface area contributed by atoms with E-state index in [0.717, 1.165) is 5.92 Å². The fourth-order valence-electron chi connectivity index (χ4n) is 2.29. The standard InChI is InChI=1S/C14H21N/c1-11-3-7-13(8-4-11)15-14-9-5-12(2)6-10-14/h3-4,7-8,12,14-15H,5-6,9-10H2,1-2H3. The van der Waals surface area contributed by atoms with Gasteiger partial charge < -0.3 is 5.32 Å². The van der Waals surface area contributed by atoms with E-state index in [2.05, 4.69) is 43.4 Å². The minimum atomic E-state index is 0.698. The smallest absolute Gasteiger partial charge is 0.0342 e. The van der Waals surface area contributed by atoms with Crippen LogP contribution in [-0.2, 0) is 0 Å². The first kappa shape index (κ1) is 10.5. The van der Waals surface area contributed by atoms with Crippen LogP contribution in [0.3, 0.4) is 0 Å². The fourth-order valence-corrected chi connectivity index (χ4v) is 2.29. The van der Waals surface area contributed by atoms with Crippen LogP contribution in [0.15, 0.2) is 24.3 Å². The molecule has 1 aromatic rings. The van der Waals surface area contributed by atoms with E-state index in [1.165, 1.54) is 36.9 Å². The Hall–Kier alpha value is -0.980. The summed E-state index contributed by atoms with van der Waals surface area (Å²) in [5.41, 5.74) is 2.61. The van der Waals surface area contributed by atoms with Gasteiger partial charge in [-0.3, -0.25) is 0 Å². The summed E-state index contributed by atoms with van der Waals surface area (Å²) in [4.78, 5) is 0. The number of rotatable bonds is 2. The summed E-state index contributed by atoms with van der Waals surface area (Å²) >= 11 is 0. The number of hydrogen-bond acceptors (Lipinski definition) is 1. The van der Waals surface area contributed by atoms with Crippen molar-refractivity contribution in [3.63, 3.8) is 0 Å². The van der Waals surface area contributed by atoms with Crippen molar-refractivity contribution in [3.05, 3.63) is 29.8 Å². The van der Waals surface area contributed by atoms with Crippen molar-refractivity contribution in [3.8, 4) is 0 Å². The van der Waals surface area contributed by atoms with E-state index >= 15 is 0 Å². The second kappa shape index (κ2) is 4.69. The average molecular weight is 203 g/mol. The van der Waals surface area contributed by atoms with Crippen LogP contribution in [0.4, 0.5) is 5.69 Å². The Morgan fingerprint density at radius 1 is 1.00 bits per heavy atom. The van der Waals surface area contributed by atoms with Crippen molar-refractivity contribution >= 4 is 5.69 Å². The van der Waals surface area contributed by atoms with Crippen molar-refractivity contribution < 1.29 is 0 Å². The van der Waals surface area contributed by atoms with Gasteiger partial charge in [0.15, 0.2) is 0 Å². The number of anilines is 1. The highest BCUT2D eigenvalue weighted by molar-refractivity contribution is 5.45. The summed E-state index contributed by atoms with van der Waals surface area (Å²) < 4.78 is 0. The highest BCUT2D eigenvalue weighted by Gasteiger charge is 2.17. The maximum absolute atomic E-state index is 3.63. The predicted octanol–water partition coefficient (Wildman–Crippen LogP) is 3.99. The molecule has 1 nitrogen and oxygen atoms in total. The molecule has 0 unspecified atom stereocenters. The molecule has 82 valence electrons. The van der Waals surface area contributed by atoms with Crippen LogP contribution < -0.4 is 5.32 Å². The van der Waals surface area contributed by atoms with Gasteiger partial charge in [-0.15, -0.1) is 0 Å². The predicted molar refractivity (Wildman–Crippen MR) is 66.2 cm³/mol. The molecule has 1 saturated carbocycles. The Kier molecular flexibility index (Phi) is 3.30. The Labute approximate surface area is 92.9 Å². The Morgan fingerprint density at radius 3 is 2.20 bits per heavy atom. The van der Waals surface area contributed by atoms with Crippen LogP contribution in [0.1, 0.15) is 38.2 Å². The molecular formula is C14H21N. The van der Waals surface area contributed by atoms with Crippen molar-refractivity contribution in [2.75, 3.05) is 5.32 Å². The second-order valence-electron chi connectivity index (χ2n) is 4.97. The van der Waals surface area contributed by atoms with Gasteiger partial charge in [0, 0.05) is 11.7 Å². The van der Waals surface area contributed by atoms with Crippen LogP contribution >= 0.6 is 0 Å². The van der Waals surface area contributed by atoms with Crippen LogP contribution in [0.5, 0.6) is 0 Å². The quantitative estimate of drug-likeness (QED) is 0.766. The van der Waals surface area contributed by atoms with Gasteiger partial charge in [0.1, 0.15) is 0 Å². The molecule has 0 spiro atoms. The molecule has 0 aliphatic heterocycles. The van der Waals surface area contributed by atoms with Gasteiger partial charge in [0.2, 0.25) is 0 Å². The van der Waals surface area contributed by atoms with Gasteiger partial charge in [-0.2, -0.15) is 0 Å². The molecule has 0 heterocycles. The van der Waals surface area contributed by atoms with Crippen LogP contribution in [0, 0.1) is 12.8 Å². The van der Waals surface area contributed by atoms with Gasteiger partial charge in [-0.25, -0.2) is 0 Å². The molecule has 1 aromatic carbocycles. The van der Waals surface area contributed by atoms with Gasteiger partial charge in [0.25, 0.3) is 0 Å². The van der Waals surface area contributed by atoms with E-state index in [1.54, 1.807) is 0 Å². The summed E-state index contributed by atoms with van der Waals surface area (Å²) in [6.07, 6.45) is 5.41. The van der Waals surface area contributed by atoms with Crippen molar-refractivity contribution in [2.45, 2.75) is 45.6 Å². The molecule has 0 aromatic heterocycles. The van der Waals surface area contributed by atoms with Crippen molar-refractivity contribution in [1.29, 1.82) is 0 Å². The Morgan fingerprint density at radius 2 is 1.60 bits per heavy atom. The van der Waals surface area contributed by atoms with Crippen LogP contribution in [-0.4, -0.2) is 6.04 Å². The highest BCUT2D eigenvalue weighted by atomic mass is 14.9. The molecule has 1 fully saturated rings. The second-order valence-corrected chi connectivity index (χ2v) is 4.97. The Bertz CT molecular complexity index is 294. The van der Waals surface area contributed by atoms with Crippen LogP contribution in [0.25, 0.3) is 0 Å². The molecule has 0 amide bonds. The van der Waals surface area contributed by atoms with Crippen molar-refractivity contribution in [1.82, 2.24) is 0 Å². The molecule has 2 rings (SSSR count). The first-order valence-corrected chi connectivity index (χ1v) is 6.07. The highest BCUT2D eigenvalue weighted by Crippen LogP contribution is 2.25. The lowest BCUT2D eigenvalue weighted by Crippen LogP contribution is -2.25.